The van der Waals surface area contributed by atoms with Crippen molar-refractivity contribution in [1.82, 2.24) is 15.1 Å². The highest BCUT2D eigenvalue weighted by molar-refractivity contribution is 9.10. The van der Waals surface area contributed by atoms with Gasteiger partial charge in [-0.1, -0.05) is 6.07 Å². The number of rotatable bonds is 4. The molecule has 0 aliphatic carbocycles. The molecule has 2 aromatic rings. The van der Waals surface area contributed by atoms with Crippen LogP contribution in [0.4, 0.5) is 0 Å². The summed E-state index contributed by atoms with van der Waals surface area (Å²) >= 11 is 5.32. The first-order valence-corrected chi connectivity index (χ1v) is 6.87. The smallest absolute Gasteiger partial charge is 0.0850 e. The molecule has 2 aromatic heterocycles. The van der Waals surface area contributed by atoms with Gasteiger partial charge in [0.25, 0.3) is 0 Å². The largest absolute Gasteiger partial charge is 0.307 e. The third-order valence-corrected chi connectivity index (χ3v) is 4.07. The maximum atomic E-state index is 4.35. The fourth-order valence-electron chi connectivity index (χ4n) is 1.78. The van der Waals surface area contributed by atoms with Gasteiger partial charge in [-0.25, -0.2) is 0 Å². The summed E-state index contributed by atoms with van der Waals surface area (Å²) in [4.78, 5) is 1.30. The first kappa shape index (κ1) is 11.8. The van der Waals surface area contributed by atoms with Crippen LogP contribution in [0.5, 0.6) is 0 Å². The van der Waals surface area contributed by atoms with Gasteiger partial charge in [0, 0.05) is 11.4 Å². The monoisotopic (exact) mass is 299 g/mol. The molecule has 0 aliphatic rings. The van der Waals surface area contributed by atoms with E-state index in [-0.39, 0.29) is 6.04 Å². The minimum atomic E-state index is 0.205. The topological polar surface area (TPSA) is 29.9 Å². The first-order valence-electron chi connectivity index (χ1n) is 5.19. The number of hydrogen-bond acceptors (Lipinski definition) is 3. The van der Waals surface area contributed by atoms with Crippen molar-refractivity contribution in [2.75, 3.05) is 7.05 Å². The maximum Gasteiger partial charge on any atom is 0.0850 e. The quantitative estimate of drug-likeness (QED) is 0.940. The van der Waals surface area contributed by atoms with Gasteiger partial charge in [0.05, 0.1) is 22.4 Å². The van der Waals surface area contributed by atoms with Crippen molar-refractivity contribution in [2.24, 2.45) is 0 Å². The van der Waals surface area contributed by atoms with Gasteiger partial charge in [0.1, 0.15) is 0 Å². The molecule has 86 valence electrons. The highest BCUT2D eigenvalue weighted by atomic mass is 79.9. The lowest BCUT2D eigenvalue weighted by Gasteiger charge is -2.16. The molecule has 0 aliphatic heterocycles. The van der Waals surface area contributed by atoms with Crippen LogP contribution in [0.15, 0.2) is 28.2 Å². The Labute approximate surface area is 108 Å². The number of aromatic nitrogens is 2. The van der Waals surface area contributed by atoms with Gasteiger partial charge in [-0.2, -0.15) is 5.10 Å². The molecule has 0 fully saturated rings. The van der Waals surface area contributed by atoms with E-state index in [1.165, 1.54) is 10.6 Å². The van der Waals surface area contributed by atoms with E-state index in [1.807, 2.05) is 17.9 Å². The average Bonchev–Trinajstić information content (AvgIpc) is 2.91. The van der Waals surface area contributed by atoms with Crippen LogP contribution in [0.1, 0.15) is 23.5 Å². The lowest BCUT2D eigenvalue weighted by Crippen LogP contribution is -2.20. The number of halogens is 1. The van der Waals surface area contributed by atoms with E-state index in [0.29, 0.717) is 0 Å². The Kier molecular flexibility index (Phi) is 3.78. The highest BCUT2D eigenvalue weighted by Gasteiger charge is 2.20. The Morgan fingerprint density at radius 3 is 3.00 bits per heavy atom. The minimum Gasteiger partial charge on any atom is -0.307 e. The van der Waals surface area contributed by atoms with E-state index in [4.69, 9.17) is 0 Å². The zero-order valence-electron chi connectivity index (χ0n) is 9.27. The molecule has 0 radical (unpaired) electrons. The Hall–Kier alpha value is -0.650. The van der Waals surface area contributed by atoms with Crippen LogP contribution >= 0.6 is 27.3 Å². The Balaban J connectivity index is 2.44. The summed E-state index contributed by atoms with van der Waals surface area (Å²) in [5, 5.41) is 9.79. The molecule has 0 bridgehead atoms. The lowest BCUT2D eigenvalue weighted by atomic mass is 10.1. The Morgan fingerprint density at radius 1 is 1.62 bits per heavy atom. The van der Waals surface area contributed by atoms with Crippen LogP contribution in [-0.2, 0) is 6.54 Å². The number of nitrogens with one attached hydrogen (secondary N) is 1. The molecule has 5 heteroatoms. The minimum absolute atomic E-state index is 0.205. The van der Waals surface area contributed by atoms with Crippen LogP contribution in [0.25, 0.3) is 0 Å². The molecular formula is C11H14BrN3S. The molecule has 0 aromatic carbocycles. The van der Waals surface area contributed by atoms with Crippen LogP contribution in [-0.4, -0.2) is 16.8 Å². The Bertz CT molecular complexity index is 450. The van der Waals surface area contributed by atoms with Crippen molar-refractivity contribution in [1.29, 1.82) is 0 Å². The highest BCUT2D eigenvalue weighted by Crippen LogP contribution is 2.30. The van der Waals surface area contributed by atoms with Gasteiger partial charge >= 0.3 is 0 Å². The molecular weight excluding hydrogens is 286 g/mol. The zero-order valence-corrected chi connectivity index (χ0v) is 11.7. The van der Waals surface area contributed by atoms with E-state index in [2.05, 4.69) is 50.8 Å². The molecule has 1 N–H and O–H groups in total. The second-order valence-corrected chi connectivity index (χ2v) is 5.26. The van der Waals surface area contributed by atoms with E-state index < -0.39 is 0 Å². The number of thiophene rings is 1. The standard InChI is InChI=1S/C11H14BrN3S/c1-3-15-11(8(12)7-14-15)10(13-2)9-5-4-6-16-9/h4-7,10,13H,3H2,1-2H3. The van der Waals surface area contributed by atoms with Crippen LogP contribution in [0, 0.1) is 0 Å². The first-order chi connectivity index (χ1) is 7.77. The molecule has 0 saturated carbocycles. The van der Waals surface area contributed by atoms with Crippen molar-refractivity contribution >= 4 is 27.3 Å². The number of hydrogen-bond donors (Lipinski definition) is 1. The van der Waals surface area contributed by atoms with Crippen LogP contribution in [0.3, 0.4) is 0 Å². The molecule has 0 amide bonds. The van der Waals surface area contributed by atoms with Gasteiger partial charge in [0.15, 0.2) is 0 Å². The summed E-state index contributed by atoms with van der Waals surface area (Å²) in [6, 6.07) is 4.42. The summed E-state index contributed by atoms with van der Waals surface area (Å²) in [6.45, 7) is 2.98. The zero-order chi connectivity index (χ0) is 11.5. The molecule has 0 spiro atoms. The molecule has 0 saturated heterocycles. The fourth-order valence-corrected chi connectivity index (χ4v) is 3.14. The molecule has 2 rings (SSSR count). The predicted octanol–water partition coefficient (Wildman–Crippen LogP) is 3.04. The van der Waals surface area contributed by atoms with Gasteiger partial charge in [-0.05, 0) is 41.3 Å². The lowest BCUT2D eigenvalue weighted by molar-refractivity contribution is 0.566. The van der Waals surface area contributed by atoms with Crippen molar-refractivity contribution in [3.8, 4) is 0 Å². The summed E-state index contributed by atoms with van der Waals surface area (Å²) in [7, 11) is 1.98. The van der Waals surface area contributed by atoms with Gasteiger partial charge < -0.3 is 5.32 Å². The van der Waals surface area contributed by atoms with Crippen molar-refractivity contribution in [2.45, 2.75) is 19.5 Å². The van der Waals surface area contributed by atoms with Crippen LogP contribution < -0.4 is 5.32 Å². The Morgan fingerprint density at radius 2 is 2.44 bits per heavy atom. The van der Waals surface area contributed by atoms with Crippen molar-refractivity contribution in [3.05, 3.63) is 38.8 Å². The third kappa shape index (κ3) is 2.07. The van der Waals surface area contributed by atoms with Crippen molar-refractivity contribution < 1.29 is 0 Å². The van der Waals surface area contributed by atoms with Gasteiger partial charge in [-0.15, -0.1) is 11.3 Å². The SMILES string of the molecule is CCn1ncc(Br)c1C(NC)c1cccs1. The van der Waals surface area contributed by atoms with Gasteiger partial charge in [-0.3, -0.25) is 4.68 Å². The summed E-state index contributed by atoms with van der Waals surface area (Å²) < 4.78 is 3.08. The average molecular weight is 300 g/mol. The van der Waals surface area contributed by atoms with E-state index in [1.54, 1.807) is 11.3 Å². The normalized spacial score (nSPS) is 12.9. The molecule has 1 unspecified atom stereocenters. The number of aryl methyl sites for hydroxylation is 1. The fraction of sp³-hybridized carbons (Fsp3) is 0.364. The predicted molar refractivity (Wildman–Crippen MR) is 70.8 cm³/mol. The van der Waals surface area contributed by atoms with Crippen molar-refractivity contribution in [3.63, 3.8) is 0 Å². The van der Waals surface area contributed by atoms with E-state index in [9.17, 15) is 0 Å². The summed E-state index contributed by atoms with van der Waals surface area (Å²) in [6.07, 6.45) is 1.86. The molecule has 2 heterocycles. The van der Waals surface area contributed by atoms with Crippen LogP contribution in [0.2, 0.25) is 0 Å². The van der Waals surface area contributed by atoms with Gasteiger partial charge in [0.2, 0.25) is 0 Å². The molecule has 16 heavy (non-hydrogen) atoms. The second-order valence-electron chi connectivity index (χ2n) is 3.43. The van der Waals surface area contributed by atoms with E-state index >= 15 is 0 Å². The third-order valence-electron chi connectivity index (χ3n) is 2.52. The van der Waals surface area contributed by atoms with E-state index in [0.717, 1.165) is 11.0 Å². The summed E-state index contributed by atoms with van der Waals surface area (Å²) in [5.41, 5.74) is 1.19. The maximum absolute atomic E-state index is 4.35. The summed E-state index contributed by atoms with van der Waals surface area (Å²) in [5.74, 6) is 0. The molecule has 1 atom stereocenters. The molecule has 3 nitrogen and oxygen atoms in total. The number of nitrogens with zero attached hydrogens (tertiary/aromatic N) is 2. The second kappa shape index (κ2) is 5.12.